The first-order valence-corrected chi connectivity index (χ1v) is 11.5. The van der Waals surface area contributed by atoms with Crippen molar-refractivity contribution in [3.63, 3.8) is 0 Å². The lowest BCUT2D eigenvalue weighted by Gasteiger charge is -2.26. The first kappa shape index (κ1) is 25.0. The molecular weight excluding hydrogens is 463 g/mol. The molecular formula is C25H28F3N3O4. The molecule has 0 unspecified atom stereocenters. The number of halogens is 3. The van der Waals surface area contributed by atoms with Gasteiger partial charge in [0, 0.05) is 38.3 Å². The summed E-state index contributed by atoms with van der Waals surface area (Å²) in [4.78, 5) is 19.2. The predicted octanol–water partition coefficient (Wildman–Crippen LogP) is 3.77. The van der Waals surface area contributed by atoms with Gasteiger partial charge in [-0.15, -0.1) is 0 Å². The number of benzene rings is 2. The molecule has 0 aliphatic carbocycles. The van der Waals surface area contributed by atoms with Gasteiger partial charge in [0.15, 0.2) is 11.5 Å². The minimum atomic E-state index is -4.38. The molecule has 0 amide bonds. The van der Waals surface area contributed by atoms with Crippen molar-refractivity contribution in [3.8, 4) is 11.5 Å². The Hall–Kier alpha value is -3.11. The van der Waals surface area contributed by atoms with Crippen molar-refractivity contribution in [2.45, 2.75) is 25.6 Å². The molecule has 4 rings (SSSR count). The van der Waals surface area contributed by atoms with E-state index in [0.717, 1.165) is 51.4 Å². The highest BCUT2D eigenvalue weighted by Gasteiger charge is 2.29. The Balaban J connectivity index is 1.49. The van der Waals surface area contributed by atoms with Crippen molar-refractivity contribution in [3.05, 3.63) is 64.1 Å². The van der Waals surface area contributed by atoms with E-state index in [1.165, 1.54) is 18.3 Å². The molecule has 3 aromatic rings. The van der Waals surface area contributed by atoms with Crippen LogP contribution in [-0.4, -0.2) is 61.0 Å². The van der Waals surface area contributed by atoms with Gasteiger partial charge in [-0.1, -0.05) is 12.1 Å². The molecule has 7 nitrogen and oxygen atoms in total. The van der Waals surface area contributed by atoms with Crippen LogP contribution in [0.1, 0.15) is 17.5 Å². The molecule has 2 aromatic carbocycles. The van der Waals surface area contributed by atoms with Gasteiger partial charge in [0.25, 0.3) is 5.56 Å². The Bertz CT molecular complexity index is 1190. The maximum atomic E-state index is 12.8. The molecule has 1 fully saturated rings. The first-order chi connectivity index (χ1) is 16.8. The van der Waals surface area contributed by atoms with Crippen LogP contribution in [0.15, 0.2) is 47.4 Å². The average Bonchev–Trinajstić information content (AvgIpc) is 2.86. The molecule has 1 aliphatic heterocycles. The molecule has 0 N–H and O–H groups in total. The summed E-state index contributed by atoms with van der Waals surface area (Å²) < 4.78 is 56.9. The molecule has 1 aliphatic rings. The number of aromatic nitrogens is 2. The Kier molecular flexibility index (Phi) is 7.92. The first-order valence-electron chi connectivity index (χ1n) is 11.5. The lowest BCUT2D eigenvalue weighted by molar-refractivity contribution is -0.137. The molecule has 0 spiro atoms. The van der Waals surface area contributed by atoms with E-state index < -0.39 is 11.7 Å². The number of fused-ring (bicyclic) bond motifs is 1. The maximum absolute atomic E-state index is 12.8. The van der Waals surface area contributed by atoms with Crippen molar-refractivity contribution >= 4 is 11.0 Å². The van der Waals surface area contributed by atoms with Gasteiger partial charge in [0.05, 0.1) is 49.7 Å². The highest BCUT2D eigenvalue weighted by atomic mass is 19.4. The highest BCUT2D eigenvalue weighted by Crippen LogP contribution is 2.32. The number of aryl methyl sites for hydroxylation is 2. The third-order valence-electron chi connectivity index (χ3n) is 6.02. The summed E-state index contributed by atoms with van der Waals surface area (Å²) in [5.74, 6) is 1.03. The van der Waals surface area contributed by atoms with Crippen LogP contribution in [0.25, 0.3) is 11.0 Å². The minimum absolute atomic E-state index is 0.284. The zero-order valence-corrected chi connectivity index (χ0v) is 19.5. The molecule has 0 saturated carbocycles. The maximum Gasteiger partial charge on any atom is 0.416 e. The summed E-state index contributed by atoms with van der Waals surface area (Å²) in [5.41, 5.74) is 0.842. The van der Waals surface area contributed by atoms with E-state index in [2.05, 4.69) is 9.88 Å². The molecule has 1 saturated heterocycles. The Morgan fingerprint density at radius 2 is 1.80 bits per heavy atom. The van der Waals surface area contributed by atoms with Gasteiger partial charge in [0.1, 0.15) is 0 Å². The smallest absolute Gasteiger partial charge is 0.416 e. The largest absolute Gasteiger partial charge is 0.493 e. The standard InChI is InChI=1S/C25H28F3N3O4/c1-33-22-15-20-21(16-23(22)35-12-2-8-30-10-13-34-14-11-30)31(24(32)17-29-20)9-7-18-3-5-19(6-4-18)25(26,27)28/h3-6,15-17H,2,7-14H2,1H3. The monoisotopic (exact) mass is 491 g/mol. The minimum Gasteiger partial charge on any atom is -0.493 e. The second-order valence-corrected chi connectivity index (χ2v) is 8.34. The van der Waals surface area contributed by atoms with Crippen LogP contribution in [0, 0.1) is 0 Å². The number of nitrogens with zero attached hydrogens (tertiary/aromatic N) is 3. The number of rotatable bonds is 9. The highest BCUT2D eigenvalue weighted by molar-refractivity contribution is 5.79. The summed E-state index contributed by atoms with van der Waals surface area (Å²) in [5, 5.41) is 0. The fourth-order valence-electron chi connectivity index (χ4n) is 4.07. The zero-order valence-electron chi connectivity index (χ0n) is 19.5. The van der Waals surface area contributed by atoms with Gasteiger partial charge < -0.3 is 18.8 Å². The average molecular weight is 492 g/mol. The van der Waals surface area contributed by atoms with Gasteiger partial charge in [0.2, 0.25) is 0 Å². The van der Waals surface area contributed by atoms with Gasteiger partial charge in [-0.05, 0) is 30.5 Å². The van der Waals surface area contributed by atoms with Crippen molar-refractivity contribution in [2.75, 3.05) is 46.6 Å². The molecule has 188 valence electrons. The van der Waals surface area contributed by atoms with Gasteiger partial charge in [-0.25, -0.2) is 4.98 Å². The Morgan fingerprint density at radius 1 is 1.06 bits per heavy atom. The van der Waals surface area contributed by atoms with E-state index >= 15 is 0 Å². The van der Waals surface area contributed by atoms with Crippen LogP contribution in [0.5, 0.6) is 11.5 Å². The van der Waals surface area contributed by atoms with E-state index in [4.69, 9.17) is 14.2 Å². The topological polar surface area (TPSA) is 65.8 Å². The van der Waals surface area contributed by atoms with Gasteiger partial charge >= 0.3 is 6.18 Å². The fraction of sp³-hybridized carbons (Fsp3) is 0.440. The van der Waals surface area contributed by atoms with Gasteiger partial charge in [-0.3, -0.25) is 9.69 Å². The molecule has 0 radical (unpaired) electrons. The molecule has 35 heavy (non-hydrogen) atoms. The lowest BCUT2D eigenvalue weighted by atomic mass is 10.1. The summed E-state index contributed by atoms with van der Waals surface area (Å²) in [6.45, 7) is 4.99. The number of alkyl halides is 3. The van der Waals surface area contributed by atoms with Crippen LogP contribution in [-0.2, 0) is 23.9 Å². The number of hydrogen-bond donors (Lipinski definition) is 0. The third kappa shape index (κ3) is 6.32. The summed E-state index contributed by atoms with van der Waals surface area (Å²) >= 11 is 0. The van der Waals surface area contributed by atoms with Crippen molar-refractivity contribution < 1.29 is 27.4 Å². The quantitative estimate of drug-likeness (QED) is 0.425. The summed E-state index contributed by atoms with van der Waals surface area (Å²) in [7, 11) is 1.54. The summed E-state index contributed by atoms with van der Waals surface area (Å²) in [6, 6.07) is 8.43. The van der Waals surface area contributed by atoms with Crippen LogP contribution in [0.2, 0.25) is 0 Å². The number of hydrogen-bond acceptors (Lipinski definition) is 6. The van der Waals surface area contributed by atoms with Crippen LogP contribution in [0.4, 0.5) is 13.2 Å². The SMILES string of the molecule is COc1cc2ncc(=O)n(CCc3ccc(C(F)(F)F)cc3)c2cc1OCCCN1CCOCC1. The molecule has 2 heterocycles. The summed E-state index contributed by atoms with van der Waals surface area (Å²) in [6.07, 6.45) is -1.93. The van der Waals surface area contributed by atoms with Crippen molar-refractivity contribution in [1.82, 2.24) is 14.5 Å². The second-order valence-electron chi connectivity index (χ2n) is 8.34. The van der Waals surface area contributed by atoms with E-state index in [1.54, 1.807) is 23.8 Å². The molecule has 0 bridgehead atoms. The Labute approximate surface area is 201 Å². The normalized spacial score (nSPS) is 14.9. The number of methoxy groups -OCH3 is 1. The van der Waals surface area contributed by atoms with Crippen LogP contribution in [0.3, 0.4) is 0 Å². The van der Waals surface area contributed by atoms with Crippen molar-refractivity contribution in [2.24, 2.45) is 0 Å². The second kappa shape index (κ2) is 11.1. The van der Waals surface area contributed by atoms with Crippen LogP contribution >= 0.6 is 0 Å². The van der Waals surface area contributed by atoms with E-state index in [9.17, 15) is 18.0 Å². The lowest BCUT2D eigenvalue weighted by Crippen LogP contribution is -2.37. The third-order valence-corrected chi connectivity index (χ3v) is 6.02. The van der Waals surface area contributed by atoms with Crippen molar-refractivity contribution in [1.29, 1.82) is 0 Å². The van der Waals surface area contributed by atoms with Gasteiger partial charge in [-0.2, -0.15) is 13.2 Å². The van der Waals surface area contributed by atoms with E-state index in [1.807, 2.05) is 0 Å². The molecule has 0 atom stereocenters. The van der Waals surface area contributed by atoms with E-state index in [0.29, 0.717) is 41.1 Å². The number of morpholine rings is 1. The Morgan fingerprint density at radius 3 is 2.49 bits per heavy atom. The molecule has 10 heteroatoms. The fourth-order valence-corrected chi connectivity index (χ4v) is 4.07. The molecule has 1 aromatic heterocycles. The predicted molar refractivity (Wildman–Crippen MR) is 125 cm³/mol. The van der Waals surface area contributed by atoms with E-state index in [-0.39, 0.29) is 12.1 Å². The zero-order chi connectivity index (χ0) is 24.8. The number of ether oxygens (including phenoxy) is 3. The van der Waals surface area contributed by atoms with Crippen LogP contribution < -0.4 is 15.0 Å².